The number of fused-ring (bicyclic) bond motifs is 20. The van der Waals surface area contributed by atoms with E-state index in [1.165, 1.54) is 30.3 Å². The first-order valence-electron chi connectivity index (χ1n) is 14.3. The number of benzene rings is 4. The topological polar surface area (TPSA) is 218 Å². The Bertz CT molecular complexity index is 2870. The number of aromatic amines is 2. The van der Waals surface area contributed by atoms with Crippen molar-refractivity contribution in [3.05, 3.63) is 84.9 Å². The van der Waals surface area contributed by atoms with Gasteiger partial charge < -0.3 is 9.97 Å². The molecule has 4 N–H and O–H groups in total. The van der Waals surface area contributed by atoms with E-state index in [0.717, 1.165) is 5.56 Å². The second kappa shape index (κ2) is 9.79. The molecule has 2 aromatic heterocycles. The quantitative estimate of drug-likeness (QED) is 0.173. The Hall–Kier alpha value is -5.94. The lowest BCUT2D eigenvalue weighted by atomic mass is 10.1. The van der Waals surface area contributed by atoms with Crippen molar-refractivity contribution in [1.29, 1.82) is 0 Å². The van der Waals surface area contributed by atoms with Crippen LogP contribution in [0.3, 0.4) is 0 Å². The van der Waals surface area contributed by atoms with Crippen molar-refractivity contribution in [2.75, 3.05) is 0 Å². The van der Waals surface area contributed by atoms with E-state index in [1.54, 1.807) is 30.3 Å². The number of aromatic nitrogens is 8. The third-order valence-corrected chi connectivity index (χ3v) is 9.88. The molecule has 0 amide bonds. The van der Waals surface area contributed by atoms with Crippen LogP contribution in [0.25, 0.3) is 90.4 Å². The zero-order valence-electron chi connectivity index (χ0n) is 24.1. The lowest BCUT2D eigenvalue weighted by Gasteiger charge is -2.02. The van der Waals surface area contributed by atoms with Gasteiger partial charge in [0.15, 0.2) is 29.1 Å². The average molecular weight is 675 g/mol. The second-order valence-electron chi connectivity index (χ2n) is 11.1. The van der Waals surface area contributed by atoms with E-state index in [1.807, 2.05) is 24.3 Å². The van der Waals surface area contributed by atoms with Gasteiger partial charge in [0.2, 0.25) is 0 Å². The molecule has 0 atom stereocenters. The summed E-state index contributed by atoms with van der Waals surface area (Å²) >= 11 is 0. The molecule has 5 heterocycles. The predicted molar refractivity (Wildman–Crippen MR) is 174 cm³/mol. The van der Waals surface area contributed by atoms with Crippen molar-refractivity contribution in [1.82, 2.24) is 39.9 Å². The number of rotatable bonds is 2. The molecule has 0 aliphatic carbocycles. The van der Waals surface area contributed by atoms with Crippen molar-refractivity contribution in [2.24, 2.45) is 0 Å². The molecule has 9 rings (SSSR count). The summed E-state index contributed by atoms with van der Waals surface area (Å²) in [6.45, 7) is 0. The Morgan fingerprint density at radius 1 is 0.458 bits per heavy atom. The van der Waals surface area contributed by atoms with Gasteiger partial charge in [-0.1, -0.05) is 48.5 Å². The van der Waals surface area contributed by atoms with E-state index in [9.17, 15) is 25.9 Å². The van der Waals surface area contributed by atoms with Crippen molar-refractivity contribution >= 4 is 42.3 Å². The zero-order chi connectivity index (χ0) is 32.9. The van der Waals surface area contributed by atoms with E-state index < -0.39 is 20.2 Å². The number of H-pyrrole nitrogens is 2. The van der Waals surface area contributed by atoms with Gasteiger partial charge in [-0.15, -0.1) is 0 Å². The standard InChI is InChI=1S/C32H18N8O6S2/c41-47(42,43)15-9-11-21-23(13-15)31-37-27-19-7-3-4-8-20(19)28(34-27)38-32-24-14-16(48(44,45)46)10-12-22(24)30(40-32)36-26-18-6-2-1-5-17(18)25(33-26)35-29(21)39-31/h1-14H,(H,41,42,43)(H,44,45,46)(H2,33,34,35,36,37,38,39,40). The number of hydrogen-bond donors (Lipinski definition) is 4. The highest BCUT2D eigenvalue weighted by Crippen LogP contribution is 2.40. The first-order valence-corrected chi connectivity index (χ1v) is 17.1. The highest BCUT2D eigenvalue weighted by atomic mass is 32.2. The monoisotopic (exact) mass is 674 g/mol. The Kier molecular flexibility index (Phi) is 5.77. The fourth-order valence-electron chi connectivity index (χ4n) is 5.97. The molecule has 8 bridgehead atoms. The van der Waals surface area contributed by atoms with Crippen LogP contribution in [-0.4, -0.2) is 65.8 Å². The van der Waals surface area contributed by atoms with Gasteiger partial charge in [0.05, 0.1) is 9.79 Å². The van der Waals surface area contributed by atoms with Crippen molar-refractivity contribution in [3.63, 3.8) is 0 Å². The molecule has 3 aliphatic heterocycles. The fraction of sp³-hybridized carbons (Fsp3) is 0. The van der Waals surface area contributed by atoms with Gasteiger partial charge in [0.1, 0.15) is 17.1 Å². The van der Waals surface area contributed by atoms with Gasteiger partial charge in [0, 0.05) is 44.2 Å². The summed E-state index contributed by atoms with van der Waals surface area (Å²) in [5.41, 5.74) is 4.13. The third-order valence-electron chi connectivity index (χ3n) is 8.19. The molecule has 6 aromatic rings. The van der Waals surface area contributed by atoms with Crippen LogP contribution in [-0.2, 0) is 20.2 Å². The van der Waals surface area contributed by atoms with Crippen LogP contribution in [0.1, 0.15) is 0 Å². The van der Waals surface area contributed by atoms with E-state index >= 15 is 0 Å². The van der Waals surface area contributed by atoms with Crippen molar-refractivity contribution in [2.45, 2.75) is 9.79 Å². The molecule has 3 aliphatic rings. The summed E-state index contributed by atoms with van der Waals surface area (Å²) in [6.07, 6.45) is 0. The summed E-state index contributed by atoms with van der Waals surface area (Å²) < 4.78 is 68.0. The molecule has 14 nitrogen and oxygen atoms in total. The Morgan fingerprint density at radius 3 is 1.56 bits per heavy atom. The minimum Gasteiger partial charge on any atom is -0.325 e. The van der Waals surface area contributed by atoms with Crippen LogP contribution in [0.4, 0.5) is 0 Å². The molecule has 0 spiro atoms. The lowest BCUT2D eigenvalue weighted by molar-refractivity contribution is 0.481. The van der Waals surface area contributed by atoms with Crippen LogP contribution in [0, 0.1) is 0 Å². The second-order valence-corrected chi connectivity index (χ2v) is 13.9. The maximum absolute atomic E-state index is 12.1. The van der Waals surface area contributed by atoms with Crippen LogP contribution in [0.5, 0.6) is 0 Å². The minimum absolute atomic E-state index is 0.107. The van der Waals surface area contributed by atoms with Crippen LogP contribution < -0.4 is 0 Å². The summed E-state index contributed by atoms with van der Waals surface area (Å²) in [4.78, 5) is 34.4. The normalized spacial score (nSPS) is 12.7. The van der Waals surface area contributed by atoms with E-state index in [2.05, 4.69) is 15.0 Å². The van der Waals surface area contributed by atoms with E-state index in [4.69, 9.17) is 24.9 Å². The van der Waals surface area contributed by atoms with Gasteiger partial charge in [-0.25, -0.2) is 29.9 Å². The van der Waals surface area contributed by atoms with Crippen LogP contribution in [0.2, 0.25) is 0 Å². The minimum atomic E-state index is -4.55. The van der Waals surface area contributed by atoms with Gasteiger partial charge in [-0.05, 0) is 36.4 Å². The smallest absolute Gasteiger partial charge is 0.294 e. The molecule has 0 fully saturated rings. The molecule has 0 radical (unpaired) electrons. The Morgan fingerprint density at radius 2 is 0.938 bits per heavy atom. The Labute approximate surface area is 270 Å². The first-order chi connectivity index (χ1) is 23.0. The molecule has 0 unspecified atom stereocenters. The molecule has 48 heavy (non-hydrogen) atoms. The van der Waals surface area contributed by atoms with Gasteiger partial charge >= 0.3 is 0 Å². The number of nitrogens with one attached hydrogen (secondary N) is 2. The number of nitrogens with zero attached hydrogens (tertiary/aromatic N) is 6. The molecular formula is C32H18N8O6S2. The van der Waals surface area contributed by atoms with E-state index in [0.29, 0.717) is 55.9 Å². The molecule has 4 aromatic carbocycles. The van der Waals surface area contributed by atoms with Gasteiger partial charge in [0.25, 0.3) is 20.2 Å². The third kappa shape index (κ3) is 4.39. The summed E-state index contributed by atoms with van der Waals surface area (Å²) in [7, 11) is -9.09. The highest BCUT2D eigenvalue weighted by molar-refractivity contribution is 7.86. The molecule has 0 saturated heterocycles. The van der Waals surface area contributed by atoms with Crippen LogP contribution in [0.15, 0.2) is 94.7 Å². The largest absolute Gasteiger partial charge is 0.325 e. The predicted octanol–water partition coefficient (Wildman–Crippen LogP) is 5.27. The van der Waals surface area contributed by atoms with Crippen molar-refractivity contribution < 1.29 is 25.9 Å². The summed E-state index contributed by atoms with van der Waals surface area (Å²) in [5.74, 6) is 1.56. The lowest BCUT2D eigenvalue weighted by Crippen LogP contribution is -1.98. The maximum Gasteiger partial charge on any atom is 0.294 e. The molecule has 0 saturated carbocycles. The Balaban J connectivity index is 1.46. The molecule has 16 heteroatoms. The average Bonchev–Trinajstić information content (AvgIpc) is 3.79. The first kappa shape index (κ1) is 28.3. The van der Waals surface area contributed by atoms with Gasteiger partial charge in [-0.2, -0.15) is 16.8 Å². The summed E-state index contributed by atoms with van der Waals surface area (Å²) in [6, 6.07) is 22.8. The van der Waals surface area contributed by atoms with Crippen molar-refractivity contribution in [3.8, 4) is 68.3 Å². The van der Waals surface area contributed by atoms with E-state index in [-0.39, 0.29) is 38.7 Å². The number of hydrogen-bond acceptors (Lipinski definition) is 10. The fourth-order valence-corrected chi connectivity index (χ4v) is 6.99. The SMILES string of the molecule is O=S(=O)(O)c1ccc2c(c1)-c1nc3nc(nc4[nH]c([nH]c5nc(nc-2n1)-c1ccccc1-5)c1ccc(S(=O)(=O)O)cc41)-c1ccccc1-3. The maximum atomic E-state index is 12.1. The van der Waals surface area contributed by atoms with Crippen LogP contribution >= 0.6 is 0 Å². The highest BCUT2D eigenvalue weighted by Gasteiger charge is 2.27. The van der Waals surface area contributed by atoms with Gasteiger partial charge in [-0.3, -0.25) is 9.11 Å². The summed E-state index contributed by atoms with van der Waals surface area (Å²) in [5, 5.41) is 0.952. The zero-order valence-corrected chi connectivity index (χ0v) is 25.7. The molecular weight excluding hydrogens is 657 g/mol. The molecule has 234 valence electrons.